The average molecular weight is 286 g/mol. The number of carbonyl (C=O) groups is 1. The van der Waals surface area contributed by atoms with E-state index >= 15 is 0 Å². The van der Waals surface area contributed by atoms with Crippen molar-refractivity contribution in [2.45, 2.75) is 38.8 Å². The zero-order valence-electron chi connectivity index (χ0n) is 11.2. The second-order valence-corrected chi connectivity index (χ2v) is 4.93. The molecule has 0 spiro atoms. The van der Waals surface area contributed by atoms with Crippen LogP contribution in [0.1, 0.15) is 26.7 Å². The minimum absolute atomic E-state index is 0.0240. The van der Waals surface area contributed by atoms with Crippen molar-refractivity contribution in [1.29, 1.82) is 0 Å². The van der Waals surface area contributed by atoms with Crippen LogP contribution < -0.4 is 10.1 Å². The molecule has 0 saturated heterocycles. The zero-order chi connectivity index (χ0) is 14.3. The predicted octanol–water partition coefficient (Wildman–Crippen LogP) is 2.38. The first-order valence-electron chi connectivity index (χ1n) is 6.36. The van der Waals surface area contributed by atoms with Crippen molar-refractivity contribution in [2.24, 2.45) is 0 Å². The van der Waals surface area contributed by atoms with Crippen LogP contribution >= 0.6 is 11.6 Å². The Morgan fingerprint density at radius 3 is 2.58 bits per heavy atom. The lowest BCUT2D eigenvalue weighted by Gasteiger charge is -2.18. The molecule has 1 aromatic carbocycles. The number of nitrogens with one attached hydrogen (secondary N) is 1. The molecule has 2 unspecified atom stereocenters. The number of ether oxygens (including phenoxy) is 1. The number of aliphatic hydroxyl groups is 1. The molecule has 1 aromatic rings. The Hall–Kier alpha value is -1.26. The van der Waals surface area contributed by atoms with Crippen LogP contribution in [-0.4, -0.2) is 29.8 Å². The molecule has 0 aliphatic carbocycles. The number of rotatable bonds is 7. The van der Waals surface area contributed by atoms with Gasteiger partial charge in [0.15, 0.2) is 6.10 Å². The van der Waals surface area contributed by atoms with Crippen molar-refractivity contribution in [1.82, 2.24) is 5.32 Å². The summed E-state index contributed by atoms with van der Waals surface area (Å²) >= 11 is 5.77. The highest BCUT2D eigenvalue weighted by Gasteiger charge is 2.16. The van der Waals surface area contributed by atoms with Crippen LogP contribution in [-0.2, 0) is 4.79 Å². The molecule has 2 atom stereocenters. The maximum Gasteiger partial charge on any atom is 0.260 e. The van der Waals surface area contributed by atoms with Gasteiger partial charge < -0.3 is 15.2 Å². The molecule has 2 N–H and O–H groups in total. The Morgan fingerprint density at radius 1 is 1.37 bits per heavy atom. The van der Waals surface area contributed by atoms with Crippen LogP contribution in [0.25, 0.3) is 0 Å². The highest BCUT2D eigenvalue weighted by Crippen LogP contribution is 2.16. The van der Waals surface area contributed by atoms with Gasteiger partial charge in [0.25, 0.3) is 5.91 Å². The van der Waals surface area contributed by atoms with Crippen molar-refractivity contribution in [3.05, 3.63) is 29.3 Å². The van der Waals surface area contributed by atoms with E-state index in [-0.39, 0.29) is 18.6 Å². The third kappa shape index (κ3) is 5.94. The molecule has 1 rings (SSSR count). The number of benzene rings is 1. The molecule has 5 heteroatoms. The Balaban J connectivity index is 2.42. The van der Waals surface area contributed by atoms with Crippen LogP contribution in [0, 0.1) is 0 Å². The van der Waals surface area contributed by atoms with E-state index in [0.29, 0.717) is 17.2 Å². The summed E-state index contributed by atoms with van der Waals surface area (Å²) in [6.45, 7) is 3.74. The van der Waals surface area contributed by atoms with E-state index in [0.717, 1.165) is 6.42 Å². The number of hydrogen-bond acceptors (Lipinski definition) is 3. The Morgan fingerprint density at radius 2 is 2.00 bits per heavy atom. The lowest BCUT2D eigenvalue weighted by molar-refractivity contribution is -0.127. The van der Waals surface area contributed by atoms with Gasteiger partial charge in [-0.2, -0.15) is 0 Å². The third-order valence-electron chi connectivity index (χ3n) is 2.68. The summed E-state index contributed by atoms with van der Waals surface area (Å²) < 4.78 is 5.52. The van der Waals surface area contributed by atoms with E-state index < -0.39 is 6.10 Å². The summed E-state index contributed by atoms with van der Waals surface area (Å²) in [5.74, 6) is 0.440. The van der Waals surface area contributed by atoms with Crippen molar-refractivity contribution in [3.63, 3.8) is 0 Å². The van der Waals surface area contributed by atoms with Crippen LogP contribution in [0.5, 0.6) is 5.75 Å². The van der Waals surface area contributed by atoms with Gasteiger partial charge in [-0.25, -0.2) is 0 Å². The first kappa shape index (κ1) is 15.8. The maximum atomic E-state index is 11.9. The Bertz CT molecular complexity index is 394. The molecule has 0 saturated carbocycles. The average Bonchev–Trinajstić information content (AvgIpc) is 2.39. The van der Waals surface area contributed by atoms with Crippen molar-refractivity contribution < 1.29 is 14.6 Å². The summed E-state index contributed by atoms with van der Waals surface area (Å²) in [6.07, 6.45) is 0.849. The summed E-state index contributed by atoms with van der Waals surface area (Å²) in [7, 11) is 0. The predicted molar refractivity (Wildman–Crippen MR) is 75.5 cm³/mol. The molecule has 0 heterocycles. The summed E-state index contributed by atoms with van der Waals surface area (Å²) in [6, 6.07) is 6.90. The molecule has 1 amide bonds. The van der Waals surface area contributed by atoms with Crippen molar-refractivity contribution in [2.75, 3.05) is 6.61 Å². The SMILES string of the molecule is CC(CCCO)NC(=O)C(C)Oc1ccc(Cl)cc1. The van der Waals surface area contributed by atoms with Gasteiger partial charge in [-0.1, -0.05) is 11.6 Å². The van der Waals surface area contributed by atoms with E-state index in [1.807, 2.05) is 6.92 Å². The van der Waals surface area contributed by atoms with Gasteiger partial charge in [-0.05, 0) is 51.0 Å². The van der Waals surface area contributed by atoms with Crippen molar-refractivity contribution >= 4 is 17.5 Å². The molecular weight excluding hydrogens is 266 g/mol. The third-order valence-corrected chi connectivity index (χ3v) is 2.93. The first-order chi connectivity index (χ1) is 9.02. The van der Waals surface area contributed by atoms with E-state index in [1.165, 1.54) is 0 Å². The number of halogens is 1. The Kier molecular flexibility index (Phi) is 6.67. The molecule has 106 valence electrons. The van der Waals surface area contributed by atoms with Crippen LogP contribution in [0.4, 0.5) is 0 Å². The molecule has 0 bridgehead atoms. The summed E-state index contributed by atoms with van der Waals surface area (Å²) in [5.41, 5.74) is 0. The lowest BCUT2D eigenvalue weighted by Crippen LogP contribution is -2.41. The Labute approximate surface area is 118 Å². The van der Waals surface area contributed by atoms with Crippen LogP contribution in [0.3, 0.4) is 0 Å². The largest absolute Gasteiger partial charge is 0.481 e. The van der Waals surface area contributed by atoms with Gasteiger partial charge >= 0.3 is 0 Å². The fourth-order valence-corrected chi connectivity index (χ4v) is 1.73. The first-order valence-corrected chi connectivity index (χ1v) is 6.74. The molecule has 0 radical (unpaired) electrons. The number of hydrogen-bond donors (Lipinski definition) is 2. The molecule has 0 aliphatic rings. The monoisotopic (exact) mass is 285 g/mol. The smallest absolute Gasteiger partial charge is 0.260 e. The highest BCUT2D eigenvalue weighted by atomic mass is 35.5. The van der Waals surface area contributed by atoms with E-state index in [2.05, 4.69) is 5.32 Å². The van der Waals surface area contributed by atoms with E-state index in [1.54, 1.807) is 31.2 Å². The van der Waals surface area contributed by atoms with Gasteiger partial charge in [-0.3, -0.25) is 4.79 Å². The second-order valence-electron chi connectivity index (χ2n) is 4.49. The summed E-state index contributed by atoms with van der Waals surface area (Å²) in [4.78, 5) is 11.9. The molecule has 0 fully saturated rings. The normalized spacial score (nSPS) is 13.7. The minimum Gasteiger partial charge on any atom is -0.481 e. The maximum absolute atomic E-state index is 11.9. The van der Waals surface area contributed by atoms with Gasteiger partial charge in [0.1, 0.15) is 5.75 Å². The summed E-state index contributed by atoms with van der Waals surface area (Å²) in [5, 5.41) is 12.2. The van der Waals surface area contributed by atoms with Crippen molar-refractivity contribution in [3.8, 4) is 5.75 Å². The molecule has 4 nitrogen and oxygen atoms in total. The minimum atomic E-state index is -0.572. The number of carbonyl (C=O) groups excluding carboxylic acids is 1. The zero-order valence-corrected chi connectivity index (χ0v) is 12.0. The van der Waals surface area contributed by atoms with E-state index in [9.17, 15) is 4.79 Å². The van der Waals surface area contributed by atoms with E-state index in [4.69, 9.17) is 21.4 Å². The molecule has 19 heavy (non-hydrogen) atoms. The molecular formula is C14H20ClNO3. The number of amides is 1. The fourth-order valence-electron chi connectivity index (χ4n) is 1.60. The lowest BCUT2D eigenvalue weighted by atomic mass is 10.2. The molecule has 0 aliphatic heterocycles. The molecule has 0 aromatic heterocycles. The fraction of sp³-hybridized carbons (Fsp3) is 0.500. The topological polar surface area (TPSA) is 58.6 Å². The van der Waals surface area contributed by atoms with Crippen LogP contribution in [0.2, 0.25) is 5.02 Å². The van der Waals surface area contributed by atoms with Gasteiger partial charge in [-0.15, -0.1) is 0 Å². The standard InChI is InChI=1S/C14H20ClNO3/c1-10(4-3-9-17)16-14(18)11(2)19-13-7-5-12(15)6-8-13/h5-8,10-11,17H,3-4,9H2,1-2H3,(H,16,18). The van der Waals surface area contributed by atoms with Crippen LogP contribution in [0.15, 0.2) is 24.3 Å². The second kappa shape index (κ2) is 8.02. The highest BCUT2D eigenvalue weighted by molar-refractivity contribution is 6.30. The number of aliphatic hydroxyl groups excluding tert-OH is 1. The van der Waals surface area contributed by atoms with Gasteiger partial charge in [0.05, 0.1) is 0 Å². The van der Waals surface area contributed by atoms with Gasteiger partial charge in [0.2, 0.25) is 0 Å². The van der Waals surface area contributed by atoms with Gasteiger partial charge in [0, 0.05) is 17.7 Å². The quantitative estimate of drug-likeness (QED) is 0.809.